The quantitative estimate of drug-likeness (QED) is 0.352. The fourth-order valence-electron chi connectivity index (χ4n) is 3.49. The Labute approximate surface area is 197 Å². The summed E-state index contributed by atoms with van der Waals surface area (Å²) < 4.78 is 42.3. The molecule has 2 N–H and O–H groups in total. The van der Waals surface area contributed by atoms with Gasteiger partial charge >= 0.3 is 0 Å². The molecule has 168 valence electrons. The molecule has 0 aliphatic heterocycles. The Bertz CT molecular complexity index is 1390. The van der Waals surface area contributed by atoms with Gasteiger partial charge in [0.1, 0.15) is 5.82 Å². The highest BCUT2D eigenvalue weighted by Crippen LogP contribution is 2.31. The Kier molecular flexibility index (Phi) is 7.15. The van der Waals surface area contributed by atoms with Gasteiger partial charge in [0.25, 0.3) is 10.0 Å². The Morgan fingerprint density at radius 2 is 1.84 bits per heavy atom. The highest BCUT2D eigenvalue weighted by atomic mass is 35.5. The normalized spacial score (nSPS) is 11.4. The molecule has 1 heterocycles. The molecule has 0 unspecified atom stereocenters. The van der Waals surface area contributed by atoms with Crippen LogP contribution >= 0.6 is 24.0 Å². The van der Waals surface area contributed by atoms with Crippen LogP contribution in [-0.4, -0.2) is 19.4 Å². The van der Waals surface area contributed by atoms with Gasteiger partial charge in [-0.1, -0.05) is 29.8 Å². The average Bonchev–Trinajstić information content (AvgIpc) is 3.09. The van der Waals surface area contributed by atoms with E-state index < -0.39 is 10.0 Å². The number of halogens is 3. The molecule has 4 rings (SSSR count). The number of aryl methyl sites for hydroxylation is 1. The van der Waals surface area contributed by atoms with Crippen molar-refractivity contribution in [1.29, 1.82) is 0 Å². The third kappa shape index (κ3) is 4.61. The van der Waals surface area contributed by atoms with Crippen LogP contribution < -0.4 is 10.6 Å². The molecule has 32 heavy (non-hydrogen) atoms. The number of rotatable bonds is 6. The number of hydrogen-bond donors (Lipinski definition) is 2. The zero-order chi connectivity index (χ0) is 22.2. The summed E-state index contributed by atoms with van der Waals surface area (Å²) in [5.74, 6) is -0.377. The standard InChI is InChI=1S/C23H21ClFN3O2S.ClH/c1-15-6-9-22(21(25)10-15)27-18-7-8-20-16(13-26-2)14-28(23(20)12-18)31(29,30)19-5-3-4-17(24)11-19;/h3-12,14,26-27H,13H2,1-2H3;1H. The van der Waals surface area contributed by atoms with Crippen LogP contribution in [0.4, 0.5) is 15.8 Å². The average molecular weight is 494 g/mol. The third-order valence-electron chi connectivity index (χ3n) is 4.98. The largest absolute Gasteiger partial charge is 0.353 e. The first-order valence-corrected chi connectivity index (χ1v) is 11.4. The van der Waals surface area contributed by atoms with Crippen molar-refractivity contribution >= 4 is 56.3 Å². The lowest BCUT2D eigenvalue weighted by molar-refractivity contribution is 0.589. The van der Waals surface area contributed by atoms with Gasteiger partial charge in [0.15, 0.2) is 0 Å². The highest BCUT2D eigenvalue weighted by molar-refractivity contribution is 7.90. The molecule has 0 spiro atoms. The first-order chi connectivity index (χ1) is 14.8. The fraction of sp³-hybridized carbons (Fsp3) is 0.130. The van der Waals surface area contributed by atoms with E-state index in [1.165, 1.54) is 22.2 Å². The maximum atomic E-state index is 14.3. The summed E-state index contributed by atoms with van der Waals surface area (Å²) in [5.41, 5.74) is 3.03. The summed E-state index contributed by atoms with van der Waals surface area (Å²) >= 11 is 6.02. The first-order valence-electron chi connectivity index (χ1n) is 9.62. The fourth-order valence-corrected chi connectivity index (χ4v) is 5.18. The molecule has 1 aromatic heterocycles. The molecule has 0 aliphatic rings. The van der Waals surface area contributed by atoms with E-state index in [0.29, 0.717) is 28.5 Å². The maximum Gasteiger partial charge on any atom is 0.268 e. The second-order valence-corrected chi connectivity index (χ2v) is 9.53. The molecule has 4 aromatic rings. The van der Waals surface area contributed by atoms with E-state index in [2.05, 4.69) is 10.6 Å². The van der Waals surface area contributed by atoms with Gasteiger partial charge in [-0.25, -0.2) is 16.8 Å². The van der Waals surface area contributed by atoms with Crippen molar-refractivity contribution in [2.45, 2.75) is 18.4 Å². The maximum absolute atomic E-state index is 14.3. The van der Waals surface area contributed by atoms with Crippen molar-refractivity contribution in [3.63, 3.8) is 0 Å². The van der Waals surface area contributed by atoms with E-state index in [0.717, 1.165) is 16.5 Å². The predicted octanol–water partition coefficient (Wildman–Crippen LogP) is 5.86. The van der Waals surface area contributed by atoms with Gasteiger partial charge in [-0.05, 0) is 67.6 Å². The van der Waals surface area contributed by atoms with E-state index in [1.54, 1.807) is 49.6 Å². The highest BCUT2D eigenvalue weighted by Gasteiger charge is 2.22. The Balaban J connectivity index is 0.00000289. The summed E-state index contributed by atoms with van der Waals surface area (Å²) in [6.45, 7) is 2.31. The number of nitrogens with one attached hydrogen (secondary N) is 2. The molecule has 0 saturated carbocycles. The van der Waals surface area contributed by atoms with Crippen LogP contribution in [0.2, 0.25) is 5.02 Å². The van der Waals surface area contributed by atoms with E-state index in [1.807, 2.05) is 13.0 Å². The number of fused-ring (bicyclic) bond motifs is 1. The van der Waals surface area contributed by atoms with Gasteiger partial charge < -0.3 is 10.6 Å². The lowest BCUT2D eigenvalue weighted by atomic mass is 10.1. The van der Waals surface area contributed by atoms with Gasteiger partial charge in [-0.15, -0.1) is 12.4 Å². The van der Waals surface area contributed by atoms with Crippen LogP contribution in [0.3, 0.4) is 0 Å². The lowest BCUT2D eigenvalue weighted by Crippen LogP contribution is -2.12. The molecule has 9 heteroatoms. The molecule has 0 radical (unpaired) electrons. The summed E-state index contributed by atoms with van der Waals surface area (Å²) in [4.78, 5) is 0.0934. The number of anilines is 2. The van der Waals surface area contributed by atoms with Crippen LogP contribution in [0.1, 0.15) is 11.1 Å². The molecule has 3 aromatic carbocycles. The van der Waals surface area contributed by atoms with Crippen LogP contribution in [-0.2, 0) is 16.6 Å². The van der Waals surface area contributed by atoms with Gasteiger partial charge in [0.05, 0.1) is 16.1 Å². The molecule has 0 amide bonds. The minimum absolute atomic E-state index is 0. The number of hydrogen-bond acceptors (Lipinski definition) is 4. The Hall–Kier alpha value is -2.58. The minimum Gasteiger partial charge on any atom is -0.353 e. The minimum atomic E-state index is -3.89. The molecular weight excluding hydrogens is 472 g/mol. The van der Waals surface area contributed by atoms with E-state index in [9.17, 15) is 12.8 Å². The molecular formula is C23H22Cl2FN3O2S. The molecule has 0 bridgehead atoms. The smallest absolute Gasteiger partial charge is 0.268 e. The van der Waals surface area contributed by atoms with Crippen LogP contribution in [0.25, 0.3) is 10.9 Å². The summed E-state index contributed by atoms with van der Waals surface area (Å²) in [6.07, 6.45) is 1.60. The summed E-state index contributed by atoms with van der Waals surface area (Å²) in [7, 11) is -2.09. The van der Waals surface area contributed by atoms with Crippen molar-refractivity contribution < 1.29 is 12.8 Å². The van der Waals surface area contributed by atoms with Crippen molar-refractivity contribution in [3.8, 4) is 0 Å². The van der Waals surface area contributed by atoms with Crippen LogP contribution in [0, 0.1) is 12.7 Å². The molecule has 0 saturated heterocycles. The number of aromatic nitrogens is 1. The topological polar surface area (TPSA) is 63.1 Å². The van der Waals surface area contributed by atoms with Crippen molar-refractivity contribution in [1.82, 2.24) is 9.29 Å². The summed E-state index contributed by atoms with van der Waals surface area (Å²) in [5, 5.41) is 7.23. The van der Waals surface area contributed by atoms with Crippen LogP contribution in [0.15, 0.2) is 71.8 Å². The lowest BCUT2D eigenvalue weighted by Gasteiger charge is -2.11. The SMILES string of the molecule is CNCc1cn(S(=O)(=O)c2cccc(Cl)c2)c2cc(Nc3ccc(C)cc3F)ccc12.Cl. The van der Waals surface area contributed by atoms with Crippen molar-refractivity contribution in [3.05, 3.63) is 88.8 Å². The van der Waals surface area contributed by atoms with E-state index >= 15 is 0 Å². The Morgan fingerprint density at radius 1 is 1.06 bits per heavy atom. The van der Waals surface area contributed by atoms with Crippen LogP contribution in [0.5, 0.6) is 0 Å². The van der Waals surface area contributed by atoms with Gasteiger partial charge in [-0.3, -0.25) is 0 Å². The monoisotopic (exact) mass is 493 g/mol. The van der Waals surface area contributed by atoms with E-state index in [-0.39, 0.29) is 23.1 Å². The summed E-state index contributed by atoms with van der Waals surface area (Å²) in [6, 6.07) is 16.4. The van der Waals surface area contributed by atoms with Gasteiger partial charge in [0, 0.05) is 28.8 Å². The zero-order valence-corrected chi connectivity index (χ0v) is 19.8. The van der Waals surface area contributed by atoms with Crippen molar-refractivity contribution in [2.75, 3.05) is 12.4 Å². The molecule has 5 nitrogen and oxygen atoms in total. The van der Waals surface area contributed by atoms with Gasteiger partial charge in [-0.2, -0.15) is 0 Å². The second-order valence-electron chi connectivity index (χ2n) is 7.28. The van der Waals surface area contributed by atoms with Gasteiger partial charge in [0.2, 0.25) is 0 Å². The third-order valence-corrected chi connectivity index (χ3v) is 6.88. The number of nitrogens with zero attached hydrogens (tertiary/aromatic N) is 1. The van der Waals surface area contributed by atoms with E-state index in [4.69, 9.17) is 11.6 Å². The number of benzene rings is 3. The Morgan fingerprint density at radius 3 is 2.53 bits per heavy atom. The predicted molar refractivity (Wildman–Crippen MR) is 130 cm³/mol. The zero-order valence-electron chi connectivity index (χ0n) is 17.4. The molecule has 0 atom stereocenters. The first kappa shape index (κ1) is 24.1. The van der Waals surface area contributed by atoms with Crippen molar-refractivity contribution in [2.24, 2.45) is 0 Å². The molecule has 0 fully saturated rings. The second kappa shape index (κ2) is 9.50. The molecule has 0 aliphatic carbocycles.